The van der Waals surface area contributed by atoms with Crippen LogP contribution in [0.4, 0.5) is 11.8 Å². The minimum atomic E-state index is 0.413. The van der Waals surface area contributed by atoms with Crippen LogP contribution in [0, 0.1) is 0 Å². The molecule has 1 saturated carbocycles. The van der Waals surface area contributed by atoms with Crippen LogP contribution in [0.25, 0.3) is 10.9 Å². The summed E-state index contributed by atoms with van der Waals surface area (Å²) in [6.07, 6.45) is 4.53. The van der Waals surface area contributed by atoms with Crippen molar-refractivity contribution >= 4 is 22.7 Å². The zero-order valence-corrected chi connectivity index (χ0v) is 18.8. The van der Waals surface area contributed by atoms with E-state index in [1.54, 1.807) is 0 Å². The van der Waals surface area contributed by atoms with Crippen LogP contribution in [0.5, 0.6) is 5.75 Å². The highest BCUT2D eigenvalue weighted by Gasteiger charge is 2.22. The Bertz CT molecular complexity index is 998. The van der Waals surface area contributed by atoms with Crippen molar-refractivity contribution in [1.82, 2.24) is 15.3 Å². The zero-order valence-electron chi connectivity index (χ0n) is 18.8. The smallest absolute Gasteiger partial charge is 0.225 e. The summed E-state index contributed by atoms with van der Waals surface area (Å²) in [5.74, 6) is 2.63. The van der Waals surface area contributed by atoms with Gasteiger partial charge in [0.1, 0.15) is 11.6 Å². The third-order valence-corrected chi connectivity index (χ3v) is 5.87. The van der Waals surface area contributed by atoms with Crippen LogP contribution in [0.15, 0.2) is 48.5 Å². The molecule has 0 aliphatic heterocycles. The molecule has 0 atom stereocenters. The number of nitrogens with one attached hydrogen (secondary N) is 2. The van der Waals surface area contributed by atoms with Crippen LogP contribution in [0.1, 0.15) is 38.2 Å². The van der Waals surface area contributed by atoms with Gasteiger partial charge in [0.05, 0.1) is 12.1 Å². The number of anilines is 2. The Labute approximate surface area is 185 Å². The third-order valence-electron chi connectivity index (χ3n) is 5.87. The van der Waals surface area contributed by atoms with Crippen molar-refractivity contribution in [3.63, 3.8) is 0 Å². The molecule has 4 rings (SSSR count). The van der Waals surface area contributed by atoms with Gasteiger partial charge in [-0.25, -0.2) is 4.98 Å². The number of hydrogen-bond acceptors (Lipinski definition) is 6. The number of nitrogens with zero attached hydrogens (tertiary/aromatic N) is 3. The Morgan fingerprint density at radius 2 is 1.74 bits per heavy atom. The molecule has 0 bridgehead atoms. The van der Waals surface area contributed by atoms with Gasteiger partial charge in [-0.1, -0.05) is 24.3 Å². The topological polar surface area (TPSA) is 62.3 Å². The van der Waals surface area contributed by atoms with E-state index in [2.05, 4.69) is 45.9 Å². The van der Waals surface area contributed by atoms with Crippen LogP contribution in [-0.2, 0) is 6.54 Å². The van der Waals surface area contributed by atoms with Gasteiger partial charge >= 0.3 is 0 Å². The van der Waals surface area contributed by atoms with E-state index in [9.17, 15) is 0 Å². The second kappa shape index (κ2) is 9.96. The summed E-state index contributed by atoms with van der Waals surface area (Å²) in [7, 11) is 4.05. The van der Waals surface area contributed by atoms with Crippen molar-refractivity contribution in [2.75, 3.05) is 30.9 Å². The molecular formula is C25H33N5O. The summed E-state index contributed by atoms with van der Waals surface area (Å²) in [4.78, 5) is 11.6. The highest BCUT2D eigenvalue weighted by atomic mass is 16.5. The second-order valence-electron chi connectivity index (χ2n) is 8.44. The van der Waals surface area contributed by atoms with Crippen molar-refractivity contribution in [3.8, 4) is 5.75 Å². The van der Waals surface area contributed by atoms with Crippen molar-refractivity contribution in [2.45, 2.75) is 51.2 Å². The van der Waals surface area contributed by atoms with Crippen molar-refractivity contribution < 1.29 is 4.74 Å². The van der Waals surface area contributed by atoms with Crippen LogP contribution < -0.4 is 20.3 Å². The van der Waals surface area contributed by atoms with Gasteiger partial charge < -0.3 is 20.3 Å². The Morgan fingerprint density at radius 1 is 0.968 bits per heavy atom. The molecule has 1 aliphatic carbocycles. The molecule has 1 heterocycles. The molecule has 0 radical (unpaired) electrons. The summed E-state index contributed by atoms with van der Waals surface area (Å²) in [5.41, 5.74) is 2.25. The van der Waals surface area contributed by atoms with Crippen LogP contribution >= 0.6 is 0 Å². The average Bonchev–Trinajstić information content (AvgIpc) is 2.78. The lowest BCUT2D eigenvalue weighted by Gasteiger charge is -2.30. The normalized spacial score (nSPS) is 18.7. The molecule has 1 fully saturated rings. The first-order valence-corrected chi connectivity index (χ1v) is 11.3. The molecular weight excluding hydrogens is 386 g/mol. The van der Waals surface area contributed by atoms with Crippen molar-refractivity contribution in [3.05, 3.63) is 54.1 Å². The summed E-state index contributed by atoms with van der Waals surface area (Å²) in [5, 5.41) is 8.39. The summed E-state index contributed by atoms with van der Waals surface area (Å²) in [6.45, 7) is 3.59. The molecule has 1 aliphatic rings. The summed E-state index contributed by atoms with van der Waals surface area (Å²) >= 11 is 0. The highest BCUT2D eigenvalue weighted by molar-refractivity contribution is 5.90. The van der Waals surface area contributed by atoms with Gasteiger partial charge in [0.25, 0.3) is 0 Å². The molecule has 31 heavy (non-hydrogen) atoms. The molecule has 6 heteroatoms. The number of aromatic nitrogens is 2. The van der Waals surface area contributed by atoms with E-state index in [4.69, 9.17) is 14.7 Å². The number of rotatable bonds is 8. The van der Waals surface area contributed by atoms with Crippen molar-refractivity contribution in [1.29, 1.82) is 0 Å². The minimum Gasteiger partial charge on any atom is -0.494 e. The van der Waals surface area contributed by atoms with Crippen LogP contribution in [0.3, 0.4) is 0 Å². The number of hydrogen-bond donors (Lipinski definition) is 2. The van der Waals surface area contributed by atoms with E-state index >= 15 is 0 Å². The Hall–Kier alpha value is -2.86. The standard InChI is InChI=1S/C25H33N5O/c1-4-31-21-9-7-8-18(16-21)17-26-19-12-14-20(15-13-19)27-25-28-23-11-6-5-10-22(23)24(29-25)30(2)3/h5-11,16,19-20,26H,4,12-15,17H2,1-3H3,(H,27,28,29). The number of para-hydroxylation sites is 1. The molecule has 0 saturated heterocycles. The molecule has 0 spiro atoms. The first-order chi connectivity index (χ1) is 15.1. The first kappa shape index (κ1) is 21.4. The fourth-order valence-electron chi connectivity index (χ4n) is 4.26. The average molecular weight is 420 g/mol. The lowest BCUT2D eigenvalue weighted by molar-refractivity contribution is 0.338. The summed E-state index contributed by atoms with van der Waals surface area (Å²) in [6, 6.07) is 17.5. The van der Waals surface area contributed by atoms with E-state index in [1.165, 1.54) is 5.56 Å². The molecule has 3 aromatic rings. The fourth-order valence-corrected chi connectivity index (χ4v) is 4.26. The molecule has 2 N–H and O–H groups in total. The fraction of sp³-hybridized carbons (Fsp3) is 0.440. The van der Waals surface area contributed by atoms with Crippen molar-refractivity contribution in [2.24, 2.45) is 0 Å². The lowest BCUT2D eigenvalue weighted by Crippen LogP contribution is -2.37. The Kier molecular flexibility index (Phi) is 6.87. The molecule has 0 amide bonds. The van der Waals surface area contributed by atoms with Gasteiger partial charge in [-0.3, -0.25) is 0 Å². The second-order valence-corrected chi connectivity index (χ2v) is 8.44. The van der Waals surface area contributed by atoms with Gasteiger partial charge in [0, 0.05) is 38.1 Å². The quantitative estimate of drug-likeness (QED) is 0.556. The molecule has 0 unspecified atom stereocenters. The molecule has 6 nitrogen and oxygen atoms in total. The minimum absolute atomic E-state index is 0.413. The SMILES string of the molecule is CCOc1cccc(CNC2CCC(Nc3nc(N(C)C)c4ccccc4n3)CC2)c1. The van der Waals surface area contributed by atoms with E-state index in [-0.39, 0.29) is 0 Å². The molecule has 2 aromatic carbocycles. The predicted molar refractivity (Wildman–Crippen MR) is 128 cm³/mol. The highest BCUT2D eigenvalue weighted by Crippen LogP contribution is 2.26. The van der Waals surface area contributed by atoms with Crippen LogP contribution in [0.2, 0.25) is 0 Å². The molecule has 164 valence electrons. The van der Waals surface area contributed by atoms with Crippen LogP contribution in [-0.4, -0.2) is 42.8 Å². The summed E-state index contributed by atoms with van der Waals surface area (Å²) < 4.78 is 5.61. The van der Waals surface area contributed by atoms with Gasteiger partial charge in [0.2, 0.25) is 5.95 Å². The van der Waals surface area contributed by atoms with E-state index in [0.29, 0.717) is 18.7 Å². The van der Waals surface area contributed by atoms with E-state index in [0.717, 1.165) is 60.6 Å². The van der Waals surface area contributed by atoms with Gasteiger partial charge in [0.15, 0.2) is 0 Å². The lowest BCUT2D eigenvalue weighted by atomic mass is 9.91. The van der Waals surface area contributed by atoms with Gasteiger partial charge in [-0.2, -0.15) is 4.98 Å². The third kappa shape index (κ3) is 5.44. The Morgan fingerprint density at radius 3 is 2.52 bits per heavy atom. The maximum atomic E-state index is 5.61. The largest absolute Gasteiger partial charge is 0.494 e. The monoisotopic (exact) mass is 419 g/mol. The van der Waals surface area contributed by atoms with E-state index in [1.807, 2.05) is 39.2 Å². The number of benzene rings is 2. The van der Waals surface area contributed by atoms with Gasteiger partial charge in [-0.05, 0) is 62.4 Å². The maximum absolute atomic E-state index is 5.61. The first-order valence-electron chi connectivity index (χ1n) is 11.3. The number of fused-ring (bicyclic) bond motifs is 1. The molecule has 1 aromatic heterocycles. The maximum Gasteiger partial charge on any atom is 0.225 e. The van der Waals surface area contributed by atoms with Gasteiger partial charge in [-0.15, -0.1) is 0 Å². The Balaban J connectivity index is 1.32. The predicted octanol–water partition coefficient (Wildman–Crippen LogP) is 4.61. The van der Waals surface area contributed by atoms with E-state index < -0.39 is 0 Å². The zero-order chi connectivity index (χ0) is 21.6. The number of ether oxygens (including phenoxy) is 1.